The Labute approximate surface area is 109 Å². The molecular formula is C12H15FN2O2S. The lowest BCUT2D eigenvalue weighted by Gasteiger charge is -2.40. The summed E-state index contributed by atoms with van der Waals surface area (Å²) in [6, 6.07) is 3.70. The average molecular weight is 270 g/mol. The number of nitrogens with zero attached hydrogens (tertiary/aromatic N) is 1. The highest BCUT2D eigenvalue weighted by molar-refractivity contribution is 8.00. The SMILES string of the molecule is CSC1(CNc2ccc([N+](=O)[O-])cc2F)CCC1. The minimum atomic E-state index is -0.595. The van der Waals surface area contributed by atoms with Gasteiger partial charge < -0.3 is 5.32 Å². The van der Waals surface area contributed by atoms with E-state index in [1.165, 1.54) is 18.6 Å². The van der Waals surface area contributed by atoms with Crippen LogP contribution in [0.3, 0.4) is 0 Å². The van der Waals surface area contributed by atoms with Crippen molar-refractivity contribution in [3.8, 4) is 0 Å². The lowest BCUT2D eigenvalue weighted by molar-refractivity contribution is -0.385. The van der Waals surface area contributed by atoms with E-state index in [9.17, 15) is 14.5 Å². The van der Waals surface area contributed by atoms with Gasteiger partial charge in [0.2, 0.25) is 0 Å². The van der Waals surface area contributed by atoms with Gasteiger partial charge in [-0.2, -0.15) is 11.8 Å². The Bertz CT molecular complexity index is 458. The predicted octanol–water partition coefficient (Wildman–Crippen LogP) is 3.43. The minimum Gasteiger partial charge on any atom is -0.381 e. The average Bonchev–Trinajstić information content (AvgIpc) is 2.29. The molecule has 6 heteroatoms. The van der Waals surface area contributed by atoms with Crippen LogP contribution in [0, 0.1) is 15.9 Å². The highest BCUT2D eigenvalue weighted by Crippen LogP contribution is 2.42. The number of halogens is 1. The highest BCUT2D eigenvalue weighted by atomic mass is 32.2. The van der Waals surface area contributed by atoms with Crippen LogP contribution in [0.2, 0.25) is 0 Å². The van der Waals surface area contributed by atoms with Crippen molar-refractivity contribution in [1.29, 1.82) is 0 Å². The summed E-state index contributed by atoms with van der Waals surface area (Å²) in [6.07, 6.45) is 5.55. The zero-order valence-corrected chi connectivity index (χ0v) is 10.9. The van der Waals surface area contributed by atoms with Crippen molar-refractivity contribution in [3.63, 3.8) is 0 Å². The lowest BCUT2D eigenvalue weighted by atomic mass is 9.84. The molecule has 1 aliphatic carbocycles. The Balaban J connectivity index is 2.03. The standard InChI is InChI=1S/C12H15FN2O2S/c1-18-12(5-2-6-12)8-14-11-4-3-9(15(16)17)7-10(11)13/h3-4,7,14H,2,5-6,8H2,1H3. The Kier molecular flexibility index (Phi) is 3.75. The first-order valence-corrected chi connectivity index (χ1v) is 7.02. The molecular weight excluding hydrogens is 255 g/mol. The van der Waals surface area contributed by atoms with Gasteiger partial charge in [0.25, 0.3) is 5.69 Å². The molecule has 1 aliphatic rings. The maximum absolute atomic E-state index is 13.6. The number of nitro benzene ring substituents is 1. The fourth-order valence-electron chi connectivity index (χ4n) is 2.04. The van der Waals surface area contributed by atoms with Gasteiger partial charge in [-0.1, -0.05) is 6.42 Å². The first kappa shape index (κ1) is 13.1. The predicted molar refractivity (Wildman–Crippen MR) is 71.6 cm³/mol. The molecule has 0 aromatic heterocycles. The molecule has 1 aromatic carbocycles. The van der Waals surface area contributed by atoms with Crippen molar-refractivity contribution in [3.05, 3.63) is 34.1 Å². The van der Waals surface area contributed by atoms with Gasteiger partial charge in [-0.15, -0.1) is 0 Å². The van der Waals surface area contributed by atoms with Crippen molar-refractivity contribution in [2.75, 3.05) is 18.1 Å². The second kappa shape index (κ2) is 5.14. The molecule has 1 aromatic rings. The summed E-state index contributed by atoms with van der Waals surface area (Å²) in [5, 5.41) is 13.6. The first-order chi connectivity index (χ1) is 8.56. The molecule has 0 radical (unpaired) electrons. The summed E-state index contributed by atoms with van der Waals surface area (Å²) >= 11 is 1.80. The summed E-state index contributed by atoms with van der Waals surface area (Å²) in [4.78, 5) is 9.90. The van der Waals surface area contributed by atoms with Crippen LogP contribution in [-0.4, -0.2) is 22.5 Å². The van der Waals surface area contributed by atoms with Gasteiger partial charge in [0.15, 0.2) is 5.82 Å². The smallest absolute Gasteiger partial charge is 0.272 e. The van der Waals surface area contributed by atoms with Crippen molar-refractivity contribution >= 4 is 23.1 Å². The zero-order valence-electron chi connectivity index (χ0n) is 10.1. The van der Waals surface area contributed by atoms with Gasteiger partial charge in [0.1, 0.15) is 0 Å². The van der Waals surface area contributed by atoms with Crippen LogP contribution in [0.1, 0.15) is 19.3 Å². The van der Waals surface area contributed by atoms with Gasteiger partial charge in [-0.25, -0.2) is 4.39 Å². The van der Waals surface area contributed by atoms with Crippen molar-refractivity contribution in [1.82, 2.24) is 0 Å². The fraction of sp³-hybridized carbons (Fsp3) is 0.500. The van der Waals surface area contributed by atoms with E-state index in [1.807, 2.05) is 0 Å². The molecule has 0 saturated heterocycles. The van der Waals surface area contributed by atoms with Crippen LogP contribution in [0.25, 0.3) is 0 Å². The largest absolute Gasteiger partial charge is 0.381 e. The molecule has 1 saturated carbocycles. The number of hydrogen-bond acceptors (Lipinski definition) is 4. The van der Waals surface area contributed by atoms with Gasteiger partial charge in [0.05, 0.1) is 16.7 Å². The lowest BCUT2D eigenvalue weighted by Crippen LogP contribution is -2.40. The van der Waals surface area contributed by atoms with Crippen molar-refractivity contribution in [2.24, 2.45) is 0 Å². The molecule has 4 nitrogen and oxygen atoms in total. The van der Waals surface area contributed by atoms with E-state index >= 15 is 0 Å². The number of benzene rings is 1. The van der Waals surface area contributed by atoms with E-state index in [1.54, 1.807) is 11.8 Å². The van der Waals surface area contributed by atoms with Crippen LogP contribution >= 0.6 is 11.8 Å². The number of thioether (sulfide) groups is 1. The van der Waals surface area contributed by atoms with Crippen molar-refractivity contribution < 1.29 is 9.31 Å². The molecule has 98 valence electrons. The molecule has 1 fully saturated rings. The Hall–Kier alpha value is -1.30. The zero-order chi connectivity index (χ0) is 13.2. The normalized spacial score (nSPS) is 17.0. The third-order valence-corrected chi connectivity index (χ3v) is 4.88. The minimum absolute atomic E-state index is 0.203. The second-order valence-electron chi connectivity index (χ2n) is 4.52. The summed E-state index contributed by atoms with van der Waals surface area (Å²) in [6.45, 7) is 0.697. The van der Waals surface area contributed by atoms with Gasteiger partial charge in [-0.05, 0) is 25.2 Å². The first-order valence-electron chi connectivity index (χ1n) is 5.79. The molecule has 0 amide bonds. The molecule has 2 rings (SSSR count). The summed E-state index contributed by atoms with van der Waals surface area (Å²) in [5.41, 5.74) is 0.113. The van der Waals surface area contributed by atoms with Crippen LogP contribution < -0.4 is 5.32 Å². The number of anilines is 1. The molecule has 0 bridgehead atoms. The molecule has 0 heterocycles. The van der Waals surface area contributed by atoms with Crippen LogP contribution in [0.4, 0.5) is 15.8 Å². The van der Waals surface area contributed by atoms with Crippen LogP contribution in [0.15, 0.2) is 18.2 Å². The monoisotopic (exact) mass is 270 g/mol. The quantitative estimate of drug-likeness (QED) is 0.658. The van der Waals surface area contributed by atoms with E-state index in [0.29, 0.717) is 12.2 Å². The molecule has 0 aliphatic heterocycles. The van der Waals surface area contributed by atoms with Gasteiger partial charge in [-0.3, -0.25) is 10.1 Å². The van der Waals surface area contributed by atoms with Gasteiger partial charge in [0, 0.05) is 17.4 Å². The number of nitrogens with one attached hydrogen (secondary N) is 1. The molecule has 18 heavy (non-hydrogen) atoms. The highest BCUT2D eigenvalue weighted by Gasteiger charge is 2.35. The fourth-order valence-corrected chi connectivity index (χ4v) is 2.95. The summed E-state index contributed by atoms with van der Waals surface area (Å²) < 4.78 is 13.8. The molecule has 0 unspecified atom stereocenters. The van der Waals surface area contributed by atoms with Crippen LogP contribution in [-0.2, 0) is 0 Å². The molecule has 0 atom stereocenters. The number of non-ortho nitro benzene ring substituents is 1. The number of nitro groups is 1. The van der Waals surface area contributed by atoms with E-state index < -0.39 is 10.7 Å². The van der Waals surface area contributed by atoms with E-state index in [2.05, 4.69) is 11.6 Å². The summed E-state index contributed by atoms with van der Waals surface area (Å²) in [7, 11) is 0. The number of rotatable bonds is 5. The Morgan fingerprint density at radius 2 is 2.28 bits per heavy atom. The third-order valence-electron chi connectivity index (χ3n) is 3.46. The second-order valence-corrected chi connectivity index (χ2v) is 5.79. The van der Waals surface area contributed by atoms with Gasteiger partial charge >= 0.3 is 0 Å². The van der Waals surface area contributed by atoms with Crippen LogP contribution in [0.5, 0.6) is 0 Å². The maximum Gasteiger partial charge on any atom is 0.272 e. The molecule has 0 spiro atoms. The summed E-state index contributed by atoms with van der Waals surface area (Å²) in [5.74, 6) is -0.570. The Morgan fingerprint density at radius 3 is 2.72 bits per heavy atom. The third kappa shape index (κ3) is 2.58. The van der Waals surface area contributed by atoms with E-state index in [-0.39, 0.29) is 10.4 Å². The molecule has 1 N–H and O–H groups in total. The Morgan fingerprint density at radius 1 is 1.56 bits per heavy atom. The number of hydrogen-bond donors (Lipinski definition) is 1. The topological polar surface area (TPSA) is 55.2 Å². The maximum atomic E-state index is 13.6. The van der Waals surface area contributed by atoms with E-state index in [4.69, 9.17) is 0 Å². The van der Waals surface area contributed by atoms with Crippen molar-refractivity contribution in [2.45, 2.75) is 24.0 Å². The van der Waals surface area contributed by atoms with E-state index in [0.717, 1.165) is 18.9 Å².